The maximum absolute atomic E-state index is 6.08. The van der Waals surface area contributed by atoms with Crippen LogP contribution in [0.25, 0.3) is 123 Å². The molecule has 12 aromatic rings. The van der Waals surface area contributed by atoms with Crippen molar-refractivity contribution in [1.82, 2.24) is 19.9 Å². The zero-order chi connectivity index (χ0) is 41.0. The molecule has 0 atom stereocenters. The Balaban J connectivity index is 0.971. The third-order valence-electron chi connectivity index (χ3n) is 11.7. The van der Waals surface area contributed by atoms with Crippen LogP contribution >= 0.6 is 0 Å². The van der Waals surface area contributed by atoms with E-state index in [1.54, 1.807) is 0 Å². The Morgan fingerprint density at radius 1 is 0.290 bits per heavy atom. The van der Waals surface area contributed by atoms with Crippen LogP contribution in [-0.4, -0.2) is 19.9 Å². The number of benzene rings is 8. The standard InChI is InChI=1S/C56H34N4O2/c1-3-22-52-50(20-1)59-55(61-52)37-28-24-35(25-29-37)39-11-7-15-43-41(39)13-9-17-45(43)47-32-33-49(48-19-5-6-34-57-48)58-54(47)46-18-10-14-42-40(12-8-16-44(42)46)36-26-30-38(31-27-36)56-60-51-21-2-4-23-53(51)62-56/h1-34H. The fourth-order valence-corrected chi connectivity index (χ4v) is 8.68. The molecule has 0 bridgehead atoms. The second-order valence-electron chi connectivity index (χ2n) is 15.3. The Kier molecular flexibility index (Phi) is 8.38. The fraction of sp³-hybridized carbons (Fsp3) is 0. The van der Waals surface area contributed by atoms with Gasteiger partial charge in [-0.2, -0.15) is 0 Å². The summed E-state index contributed by atoms with van der Waals surface area (Å²) in [5, 5.41) is 4.54. The van der Waals surface area contributed by atoms with E-state index in [1.165, 1.54) is 0 Å². The van der Waals surface area contributed by atoms with Gasteiger partial charge >= 0.3 is 0 Å². The van der Waals surface area contributed by atoms with Crippen molar-refractivity contribution >= 4 is 43.7 Å². The topological polar surface area (TPSA) is 77.8 Å². The Bertz CT molecular complexity index is 3560. The van der Waals surface area contributed by atoms with Crippen molar-refractivity contribution in [1.29, 1.82) is 0 Å². The second kappa shape index (κ2) is 14.7. The van der Waals surface area contributed by atoms with Crippen molar-refractivity contribution in [3.63, 3.8) is 0 Å². The SMILES string of the molecule is c1ccc(-c2ccc(-c3cccc4c(-c5ccc(-c6nc7ccccc7o6)cc5)cccc34)c(-c3cccc4c(-c5ccc(-c6nc7ccccc7o6)cc5)cccc34)n2)nc1. The molecule has 0 aliphatic rings. The fourth-order valence-electron chi connectivity index (χ4n) is 8.68. The smallest absolute Gasteiger partial charge is 0.227 e. The number of fused-ring (bicyclic) bond motifs is 4. The first-order valence-corrected chi connectivity index (χ1v) is 20.6. The summed E-state index contributed by atoms with van der Waals surface area (Å²) in [6.45, 7) is 0. The van der Waals surface area contributed by atoms with Gasteiger partial charge in [0.15, 0.2) is 11.2 Å². The lowest BCUT2D eigenvalue weighted by atomic mass is 9.89. The average Bonchev–Trinajstić information content (AvgIpc) is 3.99. The first kappa shape index (κ1) is 35.5. The number of para-hydroxylation sites is 4. The van der Waals surface area contributed by atoms with Gasteiger partial charge in [-0.3, -0.25) is 4.98 Å². The van der Waals surface area contributed by atoms with Crippen LogP contribution < -0.4 is 0 Å². The van der Waals surface area contributed by atoms with E-state index in [0.717, 1.165) is 111 Å². The molecule has 0 unspecified atom stereocenters. The van der Waals surface area contributed by atoms with Crippen molar-refractivity contribution in [2.24, 2.45) is 0 Å². The maximum atomic E-state index is 6.08. The highest BCUT2D eigenvalue weighted by atomic mass is 16.4. The van der Waals surface area contributed by atoms with Crippen LogP contribution in [0.4, 0.5) is 0 Å². The third kappa shape index (κ3) is 6.13. The Morgan fingerprint density at radius 2 is 0.758 bits per heavy atom. The molecule has 0 radical (unpaired) electrons. The van der Waals surface area contributed by atoms with Gasteiger partial charge < -0.3 is 8.83 Å². The third-order valence-corrected chi connectivity index (χ3v) is 11.7. The Morgan fingerprint density at radius 3 is 1.29 bits per heavy atom. The van der Waals surface area contributed by atoms with Crippen molar-refractivity contribution in [2.75, 3.05) is 0 Å². The van der Waals surface area contributed by atoms with Crippen LogP contribution in [0, 0.1) is 0 Å². The van der Waals surface area contributed by atoms with E-state index in [4.69, 9.17) is 28.8 Å². The molecular weight excluding hydrogens is 761 g/mol. The van der Waals surface area contributed by atoms with Gasteiger partial charge in [0.2, 0.25) is 11.8 Å². The highest BCUT2D eigenvalue weighted by molar-refractivity contribution is 6.10. The summed E-state index contributed by atoms with van der Waals surface area (Å²) < 4.78 is 12.2. The van der Waals surface area contributed by atoms with Crippen molar-refractivity contribution < 1.29 is 8.83 Å². The van der Waals surface area contributed by atoms with Gasteiger partial charge in [0, 0.05) is 28.5 Å². The average molecular weight is 795 g/mol. The molecule has 0 aliphatic heterocycles. The van der Waals surface area contributed by atoms with Crippen molar-refractivity contribution in [3.8, 4) is 78.9 Å². The maximum Gasteiger partial charge on any atom is 0.227 e. The molecule has 0 fully saturated rings. The molecule has 6 heteroatoms. The lowest BCUT2D eigenvalue weighted by Gasteiger charge is -2.17. The van der Waals surface area contributed by atoms with Crippen molar-refractivity contribution in [3.05, 3.63) is 206 Å². The van der Waals surface area contributed by atoms with E-state index < -0.39 is 0 Å². The van der Waals surface area contributed by atoms with E-state index in [2.05, 4.69) is 133 Å². The number of rotatable bonds is 7. The minimum atomic E-state index is 0.610. The molecule has 290 valence electrons. The zero-order valence-electron chi connectivity index (χ0n) is 33.2. The second-order valence-corrected chi connectivity index (χ2v) is 15.3. The summed E-state index contributed by atoms with van der Waals surface area (Å²) >= 11 is 0. The summed E-state index contributed by atoms with van der Waals surface area (Å²) in [6, 6.07) is 69.0. The van der Waals surface area contributed by atoms with E-state index in [9.17, 15) is 0 Å². The molecule has 0 spiro atoms. The van der Waals surface area contributed by atoms with Crippen LogP contribution in [-0.2, 0) is 0 Å². The van der Waals surface area contributed by atoms with Crippen LogP contribution in [0.5, 0.6) is 0 Å². The van der Waals surface area contributed by atoms with Gasteiger partial charge in [-0.15, -0.1) is 0 Å². The summed E-state index contributed by atoms with van der Waals surface area (Å²) in [7, 11) is 0. The highest BCUT2D eigenvalue weighted by Crippen LogP contribution is 2.43. The molecule has 6 nitrogen and oxygen atoms in total. The molecule has 0 N–H and O–H groups in total. The van der Waals surface area contributed by atoms with Gasteiger partial charge in [-0.05, 0) is 122 Å². The van der Waals surface area contributed by atoms with E-state index >= 15 is 0 Å². The molecule has 62 heavy (non-hydrogen) atoms. The summed E-state index contributed by atoms with van der Waals surface area (Å²) in [5.74, 6) is 1.22. The van der Waals surface area contributed by atoms with E-state index in [-0.39, 0.29) is 0 Å². The number of pyridine rings is 2. The number of aromatic nitrogens is 4. The Labute approximate surface area is 356 Å². The van der Waals surface area contributed by atoms with Gasteiger partial charge in [-0.25, -0.2) is 15.0 Å². The number of oxazole rings is 2. The quantitative estimate of drug-likeness (QED) is 0.160. The van der Waals surface area contributed by atoms with E-state index in [0.29, 0.717) is 11.8 Å². The molecule has 0 aliphatic carbocycles. The molecule has 0 amide bonds. The monoisotopic (exact) mass is 794 g/mol. The number of hydrogen-bond acceptors (Lipinski definition) is 6. The predicted octanol–water partition coefficient (Wildman–Crippen LogP) is 14.7. The minimum Gasteiger partial charge on any atom is -0.436 e. The lowest BCUT2D eigenvalue weighted by molar-refractivity contribution is 0.619. The molecular formula is C56H34N4O2. The molecule has 8 aromatic carbocycles. The number of hydrogen-bond donors (Lipinski definition) is 0. The summed E-state index contributed by atoms with van der Waals surface area (Å²) in [6.07, 6.45) is 1.82. The molecule has 4 aromatic heterocycles. The predicted molar refractivity (Wildman–Crippen MR) is 250 cm³/mol. The van der Waals surface area contributed by atoms with Gasteiger partial charge in [-0.1, -0.05) is 127 Å². The molecule has 0 saturated heterocycles. The van der Waals surface area contributed by atoms with Crippen LogP contribution in [0.1, 0.15) is 0 Å². The van der Waals surface area contributed by atoms with E-state index in [1.807, 2.05) is 72.9 Å². The van der Waals surface area contributed by atoms with Gasteiger partial charge in [0.05, 0.1) is 17.1 Å². The first-order valence-electron chi connectivity index (χ1n) is 20.6. The largest absolute Gasteiger partial charge is 0.436 e. The Hall–Kier alpha value is -8.48. The molecule has 0 saturated carbocycles. The molecule has 12 rings (SSSR count). The number of nitrogens with zero attached hydrogens (tertiary/aromatic N) is 4. The van der Waals surface area contributed by atoms with Crippen LogP contribution in [0.2, 0.25) is 0 Å². The highest BCUT2D eigenvalue weighted by Gasteiger charge is 2.19. The normalized spacial score (nSPS) is 11.5. The van der Waals surface area contributed by atoms with Crippen molar-refractivity contribution in [2.45, 2.75) is 0 Å². The summed E-state index contributed by atoms with van der Waals surface area (Å²) in [5.41, 5.74) is 15.3. The zero-order valence-corrected chi connectivity index (χ0v) is 33.2. The first-order chi connectivity index (χ1) is 30.7. The van der Waals surface area contributed by atoms with Crippen LogP contribution in [0.15, 0.2) is 215 Å². The van der Waals surface area contributed by atoms with Gasteiger partial charge in [0.25, 0.3) is 0 Å². The van der Waals surface area contributed by atoms with Crippen LogP contribution in [0.3, 0.4) is 0 Å². The minimum absolute atomic E-state index is 0.610. The lowest BCUT2D eigenvalue weighted by Crippen LogP contribution is -1.96. The van der Waals surface area contributed by atoms with Gasteiger partial charge in [0.1, 0.15) is 11.0 Å². The molecule has 4 heterocycles. The summed E-state index contributed by atoms with van der Waals surface area (Å²) in [4.78, 5) is 19.6.